The second-order valence-electron chi connectivity index (χ2n) is 2.56. The van der Waals surface area contributed by atoms with Gasteiger partial charge in [-0.2, -0.15) is 5.48 Å². The van der Waals surface area contributed by atoms with E-state index in [4.69, 9.17) is 4.84 Å². The number of halogens is 1. The lowest BCUT2D eigenvalue weighted by molar-refractivity contribution is 0.0877. The van der Waals surface area contributed by atoms with Crippen molar-refractivity contribution in [2.24, 2.45) is 0 Å². The smallest absolute Gasteiger partial charge is 0.0766 e. The first-order valence-corrected chi connectivity index (χ1v) is 3.75. The number of aromatic nitrogens is 1. The second kappa shape index (κ2) is 4.40. The molecule has 12 heavy (non-hydrogen) atoms. The molecule has 1 saturated heterocycles. The highest BCUT2D eigenvalue weighted by atomic mass is 35.5. The standard InChI is InChI=1S/C8H10N2O.ClH/c1-2-5-9-7(3-1)8-4-6-11-10-8;/h1-3,5,8,10H,4,6H2;1H/t8-;/m0./s1. The Kier molecular flexibility index (Phi) is 3.47. The SMILES string of the molecule is Cl.c1ccc([C@@H]2CCON2)nc1. The molecule has 0 saturated carbocycles. The molecule has 0 spiro atoms. The fourth-order valence-electron chi connectivity index (χ4n) is 1.19. The molecule has 1 aromatic rings. The molecule has 1 fully saturated rings. The van der Waals surface area contributed by atoms with Crippen LogP contribution in [0.1, 0.15) is 18.2 Å². The van der Waals surface area contributed by atoms with Gasteiger partial charge in [-0.05, 0) is 18.6 Å². The minimum Gasteiger partial charge on any atom is -0.301 e. The molecule has 66 valence electrons. The summed E-state index contributed by atoms with van der Waals surface area (Å²) in [6.45, 7) is 0.779. The molecule has 1 aliphatic rings. The van der Waals surface area contributed by atoms with Gasteiger partial charge in [-0.1, -0.05) is 6.07 Å². The Bertz CT molecular complexity index is 224. The highest BCUT2D eigenvalue weighted by Gasteiger charge is 2.17. The summed E-state index contributed by atoms with van der Waals surface area (Å²) in [6, 6.07) is 6.20. The van der Waals surface area contributed by atoms with Gasteiger partial charge in [-0.25, -0.2) is 0 Å². The normalized spacial score (nSPS) is 21.8. The van der Waals surface area contributed by atoms with Crippen LogP contribution >= 0.6 is 12.4 Å². The van der Waals surface area contributed by atoms with Gasteiger partial charge >= 0.3 is 0 Å². The number of nitrogens with zero attached hydrogens (tertiary/aromatic N) is 1. The van der Waals surface area contributed by atoms with Crippen LogP contribution in [0.15, 0.2) is 24.4 Å². The third-order valence-corrected chi connectivity index (χ3v) is 1.78. The van der Waals surface area contributed by atoms with Crippen molar-refractivity contribution in [1.29, 1.82) is 0 Å². The molecule has 2 heterocycles. The largest absolute Gasteiger partial charge is 0.301 e. The highest BCUT2D eigenvalue weighted by Crippen LogP contribution is 2.17. The van der Waals surface area contributed by atoms with Crippen LogP contribution in [-0.4, -0.2) is 11.6 Å². The first-order chi connectivity index (χ1) is 5.47. The average Bonchev–Trinajstić information content (AvgIpc) is 2.58. The maximum atomic E-state index is 5.02. The quantitative estimate of drug-likeness (QED) is 0.722. The summed E-state index contributed by atoms with van der Waals surface area (Å²) < 4.78 is 0. The molecule has 1 N–H and O–H groups in total. The van der Waals surface area contributed by atoms with Crippen molar-refractivity contribution < 1.29 is 4.84 Å². The number of pyridine rings is 1. The molecular formula is C8H11ClN2O. The molecule has 0 amide bonds. The van der Waals surface area contributed by atoms with Gasteiger partial charge in [0.15, 0.2) is 0 Å². The number of rotatable bonds is 1. The van der Waals surface area contributed by atoms with Crippen LogP contribution in [0.4, 0.5) is 0 Å². The molecule has 0 radical (unpaired) electrons. The predicted octanol–water partition coefficient (Wildman–Crippen LogP) is 1.47. The molecule has 3 nitrogen and oxygen atoms in total. The van der Waals surface area contributed by atoms with Crippen molar-refractivity contribution in [3.8, 4) is 0 Å². The zero-order chi connectivity index (χ0) is 7.52. The lowest BCUT2D eigenvalue weighted by Crippen LogP contribution is -2.12. The van der Waals surface area contributed by atoms with Crippen molar-refractivity contribution in [2.45, 2.75) is 12.5 Å². The van der Waals surface area contributed by atoms with E-state index in [9.17, 15) is 0 Å². The molecule has 0 bridgehead atoms. The van der Waals surface area contributed by atoms with Crippen molar-refractivity contribution in [3.63, 3.8) is 0 Å². The maximum absolute atomic E-state index is 5.02. The average molecular weight is 187 g/mol. The topological polar surface area (TPSA) is 34.1 Å². The van der Waals surface area contributed by atoms with E-state index in [1.165, 1.54) is 0 Å². The second-order valence-corrected chi connectivity index (χ2v) is 2.56. The molecule has 0 unspecified atom stereocenters. The van der Waals surface area contributed by atoms with Crippen LogP contribution in [0, 0.1) is 0 Å². The molecular weight excluding hydrogens is 176 g/mol. The fraction of sp³-hybridized carbons (Fsp3) is 0.375. The number of hydrogen-bond acceptors (Lipinski definition) is 3. The Labute approximate surface area is 77.5 Å². The van der Waals surface area contributed by atoms with Crippen LogP contribution in [0.25, 0.3) is 0 Å². The van der Waals surface area contributed by atoms with Crippen LogP contribution in [0.2, 0.25) is 0 Å². The Hall–Kier alpha value is -0.640. The highest BCUT2D eigenvalue weighted by molar-refractivity contribution is 5.85. The number of hydroxylamine groups is 1. The third kappa shape index (κ3) is 1.94. The van der Waals surface area contributed by atoms with Crippen molar-refractivity contribution in [3.05, 3.63) is 30.1 Å². The van der Waals surface area contributed by atoms with E-state index in [-0.39, 0.29) is 18.4 Å². The van der Waals surface area contributed by atoms with E-state index >= 15 is 0 Å². The summed E-state index contributed by atoms with van der Waals surface area (Å²) in [5.74, 6) is 0. The Morgan fingerprint density at radius 2 is 2.42 bits per heavy atom. The lowest BCUT2D eigenvalue weighted by atomic mass is 10.1. The van der Waals surface area contributed by atoms with E-state index in [0.717, 1.165) is 18.7 Å². The summed E-state index contributed by atoms with van der Waals surface area (Å²) >= 11 is 0. The summed E-state index contributed by atoms with van der Waals surface area (Å²) in [5, 5.41) is 0. The minimum atomic E-state index is 0. The van der Waals surface area contributed by atoms with Gasteiger partial charge in [0.05, 0.1) is 18.3 Å². The number of hydrogen-bond donors (Lipinski definition) is 1. The van der Waals surface area contributed by atoms with Crippen molar-refractivity contribution in [2.75, 3.05) is 6.61 Å². The minimum absolute atomic E-state index is 0. The van der Waals surface area contributed by atoms with Gasteiger partial charge in [0, 0.05) is 6.20 Å². The van der Waals surface area contributed by atoms with E-state index in [1.54, 1.807) is 6.20 Å². The van der Waals surface area contributed by atoms with Gasteiger partial charge in [0.2, 0.25) is 0 Å². The molecule has 0 aromatic carbocycles. The summed E-state index contributed by atoms with van der Waals surface area (Å²) in [4.78, 5) is 9.24. The van der Waals surface area contributed by atoms with E-state index < -0.39 is 0 Å². The van der Waals surface area contributed by atoms with Gasteiger partial charge in [-0.15, -0.1) is 12.4 Å². The summed E-state index contributed by atoms with van der Waals surface area (Å²) in [6.07, 6.45) is 2.81. The van der Waals surface area contributed by atoms with Gasteiger partial charge in [-0.3, -0.25) is 4.98 Å². The Balaban J connectivity index is 0.000000720. The predicted molar refractivity (Wildman–Crippen MR) is 47.9 cm³/mol. The monoisotopic (exact) mass is 186 g/mol. The van der Waals surface area contributed by atoms with E-state index in [0.29, 0.717) is 0 Å². The zero-order valence-corrected chi connectivity index (χ0v) is 7.38. The molecule has 4 heteroatoms. The van der Waals surface area contributed by atoms with Gasteiger partial charge in [0.1, 0.15) is 0 Å². The van der Waals surface area contributed by atoms with Gasteiger partial charge < -0.3 is 4.84 Å². The summed E-state index contributed by atoms with van der Waals surface area (Å²) in [5.41, 5.74) is 3.97. The molecule has 2 rings (SSSR count). The molecule has 1 aliphatic heterocycles. The first kappa shape index (κ1) is 9.45. The third-order valence-electron chi connectivity index (χ3n) is 1.78. The van der Waals surface area contributed by atoms with Crippen LogP contribution in [-0.2, 0) is 4.84 Å². The van der Waals surface area contributed by atoms with Gasteiger partial charge in [0.25, 0.3) is 0 Å². The number of nitrogens with one attached hydrogen (secondary N) is 1. The summed E-state index contributed by atoms with van der Waals surface area (Å²) in [7, 11) is 0. The van der Waals surface area contributed by atoms with Crippen molar-refractivity contribution >= 4 is 12.4 Å². The van der Waals surface area contributed by atoms with Crippen LogP contribution < -0.4 is 5.48 Å². The van der Waals surface area contributed by atoms with Crippen LogP contribution in [0.5, 0.6) is 0 Å². The lowest BCUT2D eigenvalue weighted by Gasteiger charge is -2.05. The van der Waals surface area contributed by atoms with E-state index in [1.807, 2.05) is 18.2 Å². The molecule has 0 aliphatic carbocycles. The zero-order valence-electron chi connectivity index (χ0n) is 6.56. The Morgan fingerprint density at radius 3 is 3.00 bits per heavy atom. The fourth-order valence-corrected chi connectivity index (χ4v) is 1.19. The van der Waals surface area contributed by atoms with Crippen molar-refractivity contribution in [1.82, 2.24) is 10.5 Å². The van der Waals surface area contributed by atoms with Crippen LogP contribution in [0.3, 0.4) is 0 Å². The molecule has 1 aromatic heterocycles. The Morgan fingerprint density at radius 1 is 1.50 bits per heavy atom. The van der Waals surface area contributed by atoms with E-state index in [2.05, 4.69) is 10.5 Å². The molecule has 1 atom stereocenters. The first-order valence-electron chi connectivity index (χ1n) is 3.75. The maximum Gasteiger partial charge on any atom is 0.0766 e.